The Bertz CT molecular complexity index is 880. The molecule has 8 heteroatoms. The number of urea groups is 1. The predicted molar refractivity (Wildman–Crippen MR) is 99.9 cm³/mol. The predicted octanol–water partition coefficient (Wildman–Crippen LogP) is 2.67. The number of pyridine rings is 1. The maximum absolute atomic E-state index is 12.5. The maximum atomic E-state index is 12.5. The number of aromatic nitrogens is 1. The lowest BCUT2D eigenvalue weighted by Gasteiger charge is -2.12. The fraction of sp³-hybridized carbons (Fsp3) is 0.263. The number of hydrogen-bond acceptors (Lipinski definition) is 5. The molecule has 4 amide bonds. The zero-order valence-corrected chi connectivity index (χ0v) is 15.1. The minimum atomic E-state index is -0.486. The Morgan fingerprint density at radius 1 is 1.11 bits per heavy atom. The average Bonchev–Trinajstić information content (AvgIpc) is 2.88. The number of methoxy groups -OCH3 is 1. The second-order valence-corrected chi connectivity index (χ2v) is 6.17. The molecule has 1 aromatic heterocycles. The van der Waals surface area contributed by atoms with Crippen molar-refractivity contribution in [1.29, 1.82) is 0 Å². The van der Waals surface area contributed by atoms with Crippen LogP contribution in [0.5, 0.6) is 0 Å². The van der Waals surface area contributed by atoms with E-state index >= 15 is 0 Å². The lowest BCUT2D eigenvalue weighted by molar-refractivity contribution is 0.0638. The van der Waals surface area contributed by atoms with E-state index in [-0.39, 0.29) is 17.4 Å². The first-order valence-corrected chi connectivity index (χ1v) is 8.49. The fourth-order valence-corrected chi connectivity index (χ4v) is 2.76. The molecule has 8 nitrogen and oxygen atoms in total. The van der Waals surface area contributed by atoms with E-state index in [1.807, 2.05) is 13.0 Å². The number of amides is 4. The number of rotatable bonds is 6. The molecule has 0 saturated heterocycles. The van der Waals surface area contributed by atoms with E-state index in [2.05, 4.69) is 15.6 Å². The molecule has 0 spiro atoms. The van der Waals surface area contributed by atoms with Crippen LogP contribution < -0.4 is 10.6 Å². The van der Waals surface area contributed by atoms with Crippen molar-refractivity contribution in [2.45, 2.75) is 13.3 Å². The summed E-state index contributed by atoms with van der Waals surface area (Å²) in [5, 5.41) is 5.26. The molecule has 27 heavy (non-hydrogen) atoms. The molecule has 0 unspecified atom stereocenters. The summed E-state index contributed by atoms with van der Waals surface area (Å²) in [5.41, 5.74) is 2.02. The zero-order chi connectivity index (χ0) is 19.4. The van der Waals surface area contributed by atoms with Crippen LogP contribution >= 0.6 is 0 Å². The Balaban J connectivity index is 1.68. The Morgan fingerprint density at radius 2 is 1.89 bits per heavy atom. The van der Waals surface area contributed by atoms with E-state index in [1.54, 1.807) is 31.5 Å². The van der Waals surface area contributed by atoms with Gasteiger partial charge in [0.05, 0.1) is 11.1 Å². The van der Waals surface area contributed by atoms with Crippen LogP contribution in [-0.4, -0.2) is 48.0 Å². The van der Waals surface area contributed by atoms with Crippen LogP contribution in [0.2, 0.25) is 0 Å². The third kappa shape index (κ3) is 4.12. The minimum absolute atomic E-state index is 0.281. The van der Waals surface area contributed by atoms with Gasteiger partial charge in [-0.15, -0.1) is 0 Å². The molecule has 1 aliphatic rings. The van der Waals surface area contributed by atoms with E-state index in [4.69, 9.17) is 4.74 Å². The third-order valence-corrected chi connectivity index (χ3v) is 4.11. The van der Waals surface area contributed by atoms with Gasteiger partial charge in [0.2, 0.25) is 0 Å². The number of fused-ring (bicyclic) bond motifs is 1. The molecule has 3 rings (SSSR count). The van der Waals surface area contributed by atoms with Gasteiger partial charge in [-0.3, -0.25) is 19.8 Å². The van der Waals surface area contributed by atoms with Gasteiger partial charge in [-0.1, -0.05) is 6.07 Å². The largest absolute Gasteiger partial charge is 0.385 e. The lowest BCUT2D eigenvalue weighted by Crippen LogP contribution is -2.31. The average molecular weight is 368 g/mol. The number of aryl methyl sites for hydroxylation is 1. The number of nitrogens with one attached hydrogen (secondary N) is 2. The van der Waals surface area contributed by atoms with Crippen LogP contribution in [0.4, 0.5) is 16.3 Å². The normalized spacial score (nSPS) is 12.9. The number of ether oxygens (including phenoxy) is 1. The number of carbonyl (C=O) groups excluding carboxylic acids is 3. The molecule has 140 valence electrons. The summed E-state index contributed by atoms with van der Waals surface area (Å²) in [5.74, 6) is -0.281. The molecule has 2 heterocycles. The monoisotopic (exact) mass is 368 g/mol. The maximum Gasteiger partial charge on any atom is 0.324 e. The van der Waals surface area contributed by atoms with Crippen molar-refractivity contribution in [2.75, 3.05) is 30.9 Å². The number of anilines is 2. The van der Waals surface area contributed by atoms with Crippen LogP contribution in [0, 0.1) is 6.92 Å². The number of benzene rings is 1. The van der Waals surface area contributed by atoms with Gasteiger partial charge in [-0.05, 0) is 43.2 Å². The van der Waals surface area contributed by atoms with Gasteiger partial charge < -0.3 is 10.1 Å². The quantitative estimate of drug-likeness (QED) is 0.603. The summed E-state index contributed by atoms with van der Waals surface area (Å²) in [6.45, 7) is 2.66. The highest BCUT2D eigenvalue weighted by atomic mass is 16.5. The van der Waals surface area contributed by atoms with Crippen LogP contribution in [-0.2, 0) is 4.74 Å². The Hall–Kier alpha value is -3.26. The standard InChI is InChI=1S/C19H20N4O4/c1-12-4-7-16(20-11-12)22-19(26)21-13-5-6-14-15(10-13)18(25)23(17(14)24)8-3-9-27-2/h4-7,10-11H,3,8-9H2,1-2H3,(H2,20,21,22,26). The molecule has 0 radical (unpaired) electrons. The highest BCUT2D eigenvalue weighted by molar-refractivity contribution is 6.22. The minimum Gasteiger partial charge on any atom is -0.385 e. The third-order valence-electron chi connectivity index (χ3n) is 4.11. The highest BCUT2D eigenvalue weighted by Gasteiger charge is 2.35. The van der Waals surface area contributed by atoms with E-state index in [0.717, 1.165) is 5.56 Å². The Labute approximate surface area is 156 Å². The topological polar surface area (TPSA) is 101 Å². The summed E-state index contributed by atoms with van der Waals surface area (Å²) in [7, 11) is 1.57. The van der Waals surface area contributed by atoms with E-state index < -0.39 is 6.03 Å². The molecular weight excluding hydrogens is 348 g/mol. The van der Waals surface area contributed by atoms with Crippen LogP contribution in [0.15, 0.2) is 36.5 Å². The number of nitrogens with zero attached hydrogens (tertiary/aromatic N) is 2. The molecule has 0 aliphatic carbocycles. The number of imide groups is 1. The second-order valence-electron chi connectivity index (χ2n) is 6.17. The van der Waals surface area contributed by atoms with E-state index in [1.165, 1.54) is 11.0 Å². The van der Waals surface area contributed by atoms with Crippen LogP contribution in [0.3, 0.4) is 0 Å². The van der Waals surface area contributed by atoms with E-state index in [9.17, 15) is 14.4 Å². The zero-order valence-electron chi connectivity index (χ0n) is 15.1. The molecule has 1 aromatic carbocycles. The van der Waals surface area contributed by atoms with Crippen molar-refractivity contribution in [1.82, 2.24) is 9.88 Å². The van der Waals surface area contributed by atoms with Crippen molar-refractivity contribution >= 4 is 29.4 Å². The molecule has 0 atom stereocenters. The fourth-order valence-electron chi connectivity index (χ4n) is 2.76. The molecule has 1 aliphatic heterocycles. The van der Waals surface area contributed by atoms with Gasteiger partial charge >= 0.3 is 6.03 Å². The van der Waals surface area contributed by atoms with Gasteiger partial charge in [0.25, 0.3) is 11.8 Å². The van der Waals surface area contributed by atoms with Crippen molar-refractivity contribution in [3.63, 3.8) is 0 Å². The first-order valence-electron chi connectivity index (χ1n) is 8.49. The second kappa shape index (κ2) is 7.96. The summed E-state index contributed by atoms with van der Waals surface area (Å²) in [6.07, 6.45) is 2.21. The number of carbonyl (C=O) groups is 3. The van der Waals surface area contributed by atoms with Gasteiger partial charge in [0.1, 0.15) is 5.82 Å². The Kier molecular flexibility index (Phi) is 5.46. The van der Waals surface area contributed by atoms with E-state index in [0.29, 0.717) is 36.6 Å². The van der Waals surface area contributed by atoms with Gasteiger partial charge in [-0.2, -0.15) is 0 Å². The van der Waals surface area contributed by atoms with Crippen molar-refractivity contribution in [3.8, 4) is 0 Å². The summed E-state index contributed by atoms with van der Waals surface area (Å²) in [4.78, 5) is 42.3. The smallest absolute Gasteiger partial charge is 0.324 e. The van der Waals surface area contributed by atoms with Crippen LogP contribution in [0.1, 0.15) is 32.7 Å². The molecular formula is C19H20N4O4. The summed E-state index contributed by atoms with van der Waals surface area (Å²) < 4.78 is 4.96. The molecule has 0 saturated carbocycles. The SMILES string of the molecule is COCCCN1C(=O)c2ccc(NC(=O)Nc3ccc(C)cn3)cc2C1=O. The molecule has 0 bridgehead atoms. The number of hydrogen-bond donors (Lipinski definition) is 2. The van der Waals surface area contributed by atoms with Gasteiger partial charge in [-0.25, -0.2) is 9.78 Å². The first kappa shape index (κ1) is 18.5. The van der Waals surface area contributed by atoms with Crippen molar-refractivity contribution in [3.05, 3.63) is 53.2 Å². The summed E-state index contributed by atoms with van der Waals surface area (Å²) in [6, 6.07) is 7.68. The van der Waals surface area contributed by atoms with Crippen molar-refractivity contribution in [2.24, 2.45) is 0 Å². The molecule has 0 fully saturated rings. The first-order chi connectivity index (χ1) is 13.0. The van der Waals surface area contributed by atoms with Gasteiger partial charge in [0.15, 0.2) is 0 Å². The molecule has 2 N–H and O–H groups in total. The summed E-state index contributed by atoms with van der Waals surface area (Å²) >= 11 is 0. The molecule has 2 aromatic rings. The van der Waals surface area contributed by atoms with Crippen LogP contribution in [0.25, 0.3) is 0 Å². The lowest BCUT2D eigenvalue weighted by atomic mass is 10.1. The van der Waals surface area contributed by atoms with Gasteiger partial charge in [0, 0.05) is 32.1 Å². The Morgan fingerprint density at radius 3 is 2.59 bits per heavy atom. The highest BCUT2D eigenvalue weighted by Crippen LogP contribution is 2.26. The van der Waals surface area contributed by atoms with Crippen molar-refractivity contribution < 1.29 is 19.1 Å².